The second-order valence-corrected chi connectivity index (χ2v) is 6.32. The van der Waals surface area contributed by atoms with Crippen LogP contribution in [0.1, 0.15) is 12.1 Å². The number of carbonyl (C=O) groups excluding carboxylic acids is 1. The van der Waals surface area contributed by atoms with Gasteiger partial charge >= 0.3 is 0 Å². The highest BCUT2D eigenvalue weighted by Gasteiger charge is 2.25. The highest BCUT2D eigenvalue weighted by atomic mass is 16.2. The molecule has 3 aromatic heterocycles. The Morgan fingerprint density at radius 2 is 2.23 bits per heavy atom. The summed E-state index contributed by atoms with van der Waals surface area (Å²) < 4.78 is 2.93. The van der Waals surface area contributed by atoms with E-state index in [1.807, 2.05) is 12.1 Å². The van der Waals surface area contributed by atoms with E-state index in [-0.39, 0.29) is 24.1 Å². The first kappa shape index (κ1) is 16.2. The van der Waals surface area contributed by atoms with Gasteiger partial charge < -0.3 is 10.2 Å². The van der Waals surface area contributed by atoms with Crippen molar-refractivity contribution >= 4 is 17.4 Å². The maximum absolute atomic E-state index is 12.2. The van der Waals surface area contributed by atoms with E-state index in [4.69, 9.17) is 0 Å². The topological polar surface area (TPSA) is 110 Å². The third kappa shape index (κ3) is 3.25. The van der Waals surface area contributed by atoms with Crippen molar-refractivity contribution in [1.29, 1.82) is 0 Å². The van der Waals surface area contributed by atoms with Crippen LogP contribution in [0.15, 0.2) is 35.6 Å². The molecule has 0 spiro atoms. The smallest absolute Gasteiger partial charge is 0.253 e. The lowest BCUT2D eigenvalue weighted by atomic mass is 10.2. The van der Waals surface area contributed by atoms with E-state index in [0.717, 1.165) is 18.8 Å². The van der Waals surface area contributed by atoms with Crippen LogP contribution < -0.4 is 15.8 Å². The van der Waals surface area contributed by atoms with Crippen LogP contribution in [0, 0.1) is 6.92 Å². The van der Waals surface area contributed by atoms with E-state index in [1.54, 1.807) is 17.8 Å². The number of fused-ring (bicyclic) bond motifs is 1. The van der Waals surface area contributed by atoms with E-state index in [2.05, 4.69) is 30.5 Å². The van der Waals surface area contributed by atoms with Crippen LogP contribution in [0.4, 0.5) is 5.82 Å². The zero-order chi connectivity index (χ0) is 18.1. The Hall–Kier alpha value is -3.30. The number of hydrogen-bond acceptors (Lipinski definition) is 7. The summed E-state index contributed by atoms with van der Waals surface area (Å²) in [4.78, 5) is 30.2. The maximum Gasteiger partial charge on any atom is 0.253 e. The van der Waals surface area contributed by atoms with Gasteiger partial charge in [0.25, 0.3) is 5.56 Å². The van der Waals surface area contributed by atoms with Crippen LogP contribution in [0.25, 0.3) is 5.65 Å². The minimum Gasteiger partial charge on any atom is -0.353 e. The molecule has 0 bridgehead atoms. The summed E-state index contributed by atoms with van der Waals surface area (Å²) in [6.07, 6.45) is 3.77. The largest absolute Gasteiger partial charge is 0.353 e. The molecule has 1 aliphatic rings. The Labute approximate surface area is 148 Å². The molecule has 0 aliphatic carbocycles. The van der Waals surface area contributed by atoms with Gasteiger partial charge in [-0.25, -0.2) is 4.98 Å². The summed E-state index contributed by atoms with van der Waals surface area (Å²) in [5, 5.41) is 15.2. The molecule has 134 valence electrons. The SMILES string of the molecule is Cc1cc(=O)n(CC(=O)N[C@H]2CCN(c3ccc4nncn4n3)C2)cn1. The van der Waals surface area contributed by atoms with Gasteiger partial charge in [-0.2, -0.15) is 4.52 Å². The third-order valence-corrected chi connectivity index (χ3v) is 4.36. The minimum atomic E-state index is -0.229. The zero-order valence-corrected chi connectivity index (χ0v) is 14.2. The van der Waals surface area contributed by atoms with Crippen LogP contribution in [0.5, 0.6) is 0 Å². The van der Waals surface area contributed by atoms with Gasteiger partial charge in [-0.3, -0.25) is 14.2 Å². The van der Waals surface area contributed by atoms with Crippen LogP contribution in [-0.2, 0) is 11.3 Å². The summed E-state index contributed by atoms with van der Waals surface area (Å²) in [5.74, 6) is 0.611. The van der Waals surface area contributed by atoms with Gasteiger partial charge in [0.15, 0.2) is 5.65 Å². The van der Waals surface area contributed by atoms with Crippen molar-refractivity contribution in [1.82, 2.24) is 34.7 Å². The molecule has 1 saturated heterocycles. The van der Waals surface area contributed by atoms with Gasteiger partial charge in [0.05, 0.1) is 6.33 Å². The summed E-state index contributed by atoms with van der Waals surface area (Å²) in [6, 6.07) is 5.18. The monoisotopic (exact) mass is 354 g/mol. The summed E-state index contributed by atoms with van der Waals surface area (Å²) in [6.45, 7) is 3.16. The number of amides is 1. The van der Waals surface area contributed by atoms with Crippen molar-refractivity contribution in [2.45, 2.75) is 25.9 Å². The maximum atomic E-state index is 12.2. The lowest BCUT2D eigenvalue weighted by Crippen LogP contribution is -2.40. The molecule has 1 fully saturated rings. The first-order chi connectivity index (χ1) is 12.6. The van der Waals surface area contributed by atoms with Crippen LogP contribution in [-0.4, -0.2) is 54.4 Å². The molecule has 10 nitrogen and oxygen atoms in total. The molecular weight excluding hydrogens is 336 g/mol. The average Bonchev–Trinajstić information content (AvgIpc) is 3.25. The molecule has 0 saturated carbocycles. The molecular formula is C16H18N8O2. The molecule has 4 heterocycles. The highest BCUT2D eigenvalue weighted by molar-refractivity contribution is 5.76. The molecule has 1 atom stereocenters. The van der Waals surface area contributed by atoms with Gasteiger partial charge in [-0.1, -0.05) is 0 Å². The van der Waals surface area contributed by atoms with Crippen molar-refractivity contribution < 1.29 is 4.79 Å². The van der Waals surface area contributed by atoms with E-state index >= 15 is 0 Å². The second-order valence-electron chi connectivity index (χ2n) is 6.32. The Bertz CT molecular complexity index is 1010. The molecule has 1 aliphatic heterocycles. The number of nitrogens with one attached hydrogen (secondary N) is 1. The van der Waals surface area contributed by atoms with Crippen molar-refractivity contribution in [3.63, 3.8) is 0 Å². The van der Waals surface area contributed by atoms with Crippen LogP contribution in [0.3, 0.4) is 0 Å². The van der Waals surface area contributed by atoms with Gasteiger partial charge in [0.1, 0.15) is 18.7 Å². The standard InChI is InChI=1S/C16H18N8O2/c1-11-6-16(26)23(9-17-11)8-15(25)19-12-4-5-22(7-12)14-3-2-13-20-18-10-24(13)21-14/h2-3,6,9-10,12H,4-5,7-8H2,1H3,(H,19,25)/t12-/m0/s1. The van der Waals surface area contributed by atoms with Crippen molar-refractivity contribution in [2.24, 2.45) is 0 Å². The number of rotatable bonds is 4. The minimum absolute atomic E-state index is 0.00928. The summed E-state index contributed by atoms with van der Waals surface area (Å²) in [7, 11) is 0. The third-order valence-electron chi connectivity index (χ3n) is 4.36. The summed E-state index contributed by atoms with van der Waals surface area (Å²) >= 11 is 0. The molecule has 3 aromatic rings. The quantitative estimate of drug-likeness (QED) is 0.665. The number of carbonyl (C=O) groups is 1. The molecule has 0 unspecified atom stereocenters. The second kappa shape index (κ2) is 6.54. The predicted octanol–water partition coefficient (Wildman–Crippen LogP) is -0.615. The zero-order valence-electron chi connectivity index (χ0n) is 14.2. The average molecular weight is 354 g/mol. The van der Waals surface area contributed by atoms with E-state index in [0.29, 0.717) is 17.9 Å². The number of aryl methyl sites for hydroxylation is 1. The number of nitrogens with zero attached hydrogens (tertiary/aromatic N) is 7. The molecule has 0 aromatic carbocycles. The molecule has 0 radical (unpaired) electrons. The van der Waals surface area contributed by atoms with Crippen molar-refractivity contribution in [2.75, 3.05) is 18.0 Å². The fraction of sp³-hybridized carbons (Fsp3) is 0.375. The fourth-order valence-electron chi connectivity index (χ4n) is 3.04. The molecule has 1 amide bonds. The highest BCUT2D eigenvalue weighted by Crippen LogP contribution is 2.18. The number of aromatic nitrogens is 6. The van der Waals surface area contributed by atoms with E-state index in [9.17, 15) is 9.59 Å². The number of hydrogen-bond donors (Lipinski definition) is 1. The van der Waals surface area contributed by atoms with E-state index < -0.39 is 0 Å². The van der Waals surface area contributed by atoms with Gasteiger partial charge in [-0.05, 0) is 25.5 Å². The normalized spacial score (nSPS) is 17.0. The molecule has 26 heavy (non-hydrogen) atoms. The van der Waals surface area contributed by atoms with E-state index in [1.165, 1.54) is 17.0 Å². The first-order valence-electron chi connectivity index (χ1n) is 8.33. The van der Waals surface area contributed by atoms with Gasteiger partial charge in [0.2, 0.25) is 5.91 Å². The Balaban J connectivity index is 1.37. The van der Waals surface area contributed by atoms with Gasteiger partial charge in [0, 0.05) is 30.9 Å². The molecule has 10 heteroatoms. The van der Waals surface area contributed by atoms with Crippen molar-refractivity contribution in [3.05, 3.63) is 46.9 Å². The molecule has 1 N–H and O–H groups in total. The fourth-order valence-corrected chi connectivity index (χ4v) is 3.04. The van der Waals surface area contributed by atoms with Crippen LogP contribution >= 0.6 is 0 Å². The Kier molecular flexibility index (Phi) is 4.07. The Morgan fingerprint density at radius 3 is 3.08 bits per heavy atom. The lowest BCUT2D eigenvalue weighted by molar-refractivity contribution is -0.122. The van der Waals surface area contributed by atoms with Crippen molar-refractivity contribution in [3.8, 4) is 0 Å². The first-order valence-corrected chi connectivity index (χ1v) is 8.33. The Morgan fingerprint density at radius 1 is 1.35 bits per heavy atom. The number of anilines is 1. The van der Waals surface area contributed by atoms with Crippen LogP contribution in [0.2, 0.25) is 0 Å². The van der Waals surface area contributed by atoms with Gasteiger partial charge in [-0.15, -0.1) is 15.3 Å². The lowest BCUT2D eigenvalue weighted by Gasteiger charge is -2.18. The molecule has 4 rings (SSSR count). The predicted molar refractivity (Wildman–Crippen MR) is 92.8 cm³/mol. The summed E-state index contributed by atoms with van der Waals surface area (Å²) in [5.41, 5.74) is 1.10.